The van der Waals surface area contributed by atoms with E-state index in [1.54, 1.807) is 13.1 Å². The molecule has 1 aromatic rings. The fourth-order valence-electron chi connectivity index (χ4n) is 2.32. The molecule has 114 valence electrons. The number of sulfonamides is 1. The van der Waals surface area contributed by atoms with Crippen LogP contribution in [0.4, 0.5) is 0 Å². The lowest BCUT2D eigenvalue weighted by Gasteiger charge is -2.24. The second kappa shape index (κ2) is 7.02. The molecule has 0 amide bonds. The molecule has 6 heteroatoms. The summed E-state index contributed by atoms with van der Waals surface area (Å²) in [6.45, 7) is 3.37. The highest BCUT2D eigenvalue weighted by Gasteiger charge is 2.24. The topological polar surface area (TPSA) is 46.6 Å². The average Bonchev–Trinajstić information content (AvgIpc) is 2.95. The third-order valence-corrected chi connectivity index (χ3v) is 7.24. The SMILES string of the molecule is CCc1ccc(S(=O)(=O)N(C)CCC2CCCCO2)s1. The predicted octanol–water partition coefficient (Wildman–Crippen LogP) is 2.89. The van der Waals surface area contributed by atoms with E-state index in [-0.39, 0.29) is 6.10 Å². The number of hydrogen-bond acceptors (Lipinski definition) is 4. The molecule has 0 spiro atoms. The van der Waals surface area contributed by atoms with Crippen LogP contribution in [0.5, 0.6) is 0 Å². The molecular weight excluding hydrogens is 294 g/mol. The number of ether oxygens (including phenoxy) is 1. The zero-order valence-electron chi connectivity index (χ0n) is 12.2. The Balaban J connectivity index is 1.94. The van der Waals surface area contributed by atoms with Crippen LogP contribution in [-0.2, 0) is 21.2 Å². The lowest BCUT2D eigenvalue weighted by atomic mass is 10.1. The van der Waals surface area contributed by atoms with Gasteiger partial charge in [0, 0.05) is 25.1 Å². The highest BCUT2D eigenvalue weighted by atomic mass is 32.2. The Kier molecular flexibility index (Phi) is 5.60. The van der Waals surface area contributed by atoms with Crippen LogP contribution in [0, 0.1) is 0 Å². The van der Waals surface area contributed by atoms with E-state index in [1.165, 1.54) is 22.1 Å². The van der Waals surface area contributed by atoms with E-state index in [4.69, 9.17) is 4.74 Å². The van der Waals surface area contributed by atoms with Crippen LogP contribution < -0.4 is 0 Å². The molecule has 1 atom stereocenters. The molecule has 1 unspecified atom stereocenters. The van der Waals surface area contributed by atoms with Gasteiger partial charge >= 0.3 is 0 Å². The van der Waals surface area contributed by atoms with Gasteiger partial charge in [0.15, 0.2) is 0 Å². The lowest BCUT2D eigenvalue weighted by Crippen LogP contribution is -2.31. The Morgan fingerprint density at radius 2 is 2.20 bits per heavy atom. The molecule has 20 heavy (non-hydrogen) atoms. The van der Waals surface area contributed by atoms with E-state index in [0.29, 0.717) is 10.8 Å². The van der Waals surface area contributed by atoms with Gasteiger partial charge < -0.3 is 4.74 Å². The second-order valence-electron chi connectivity index (χ2n) is 5.18. The van der Waals surface area contributed by atoms with Crippen molar-refractivity contribution < 1.29 is 13.2 Å². The highest BCUT2D eigenvalue weighted by molar-refractivity contribution is 7.91. The second-order valence-corrected chi connectivity index (χ2v) is 8.62. The Hall–Kier alpha value is -0.430. The quantitative estimate of drug-likeness (QED) is 0.810. The first kappa shape index (κ1) is 15.9. The van der Waals surface area contributed by atoms with Gasteiger partial charge in [0.2, 0.25) is 0 Å². The fraction of sp³-hybridized carbons (Fsp3) is 0.714. The lowest BCUT2D eigenvalue weighted by molar-refractivity contribution is 0.00951. The smallest absolute Gasteiger partial charge is 0.252 e. The van der Waals surface area contributed by atoms with Crippen LogP contribution in [0.25, 0.3) is 0 Å². The Morgan fingerprint density at radius 3 is 2.80 bits per heavy atom. The third-order valence-electron chi connectivity index (χ3n) is 3.69. The van der Waals surface area contributed by atoms with E-state index >= 15 is 0 Å². The van der Waals surface area contributed by atoms with Gasteiger partial charge in [0.25, 0.3) is 10.0 Å². The van der Waals surface area contributed by atoms with Crippen molar-refractivity contribution in [3.05, 3.63) is 17.0 Å². The van der Waals surface area contributed by atoms with Crippen molar-refractivity contribution in [3.8, 4) is 0 Å². The highest BCUT2D eigenvalue weighted by Crippen LogP contribution is 2.25. The summed E-state index contributed by atoms with van der Waals surface area (Å²) < 4.78 is 32.4. The van der Waals surface area contributed by atoms with Gasteiger partial charge in [-0.3, -0.25) is 0 Å². The molecule has 0 bridgehead atoms. The maximum absolute atomic E-state index is 12.4. The number of hydrogen-bond donors (Lipinski definition) is 0. The van der Waals surface area contributed by atoms with Crippen molar-refractivity contribution in [2.24, 2.45) is 0 Å². The maximum Gasteiger partial charge on any atom is 0.252 e. The molecule has 1 aromatic heterocycles. The van der Waals surface area contributed by atoms with Gasteiger partial charge in [-0.2, -0.15) is 0 Å². The molecule has 0 N–H and O–H groups in total. The fourth-order valence-corrected chi connectivity index (χ4v) is 5.01. The first-order valence-corrected chi connectivity index (χ1v) is 9.46. The molecule has 1 saturated heterocycles. The summed E-state index contributed by atoms with van der Waals surface area (Å²) in [6, 6.07) is 3.61. The van der Waals surface area contributed by atoms with Crippen molar-refractivity contribution in [2.45, 2.75) is 49.3 Å². The summed E-state index contributed by atoms with van der Waals surface area (Å²) >= 11 is 1.37. The zero-order chi connectivity index (χ0) is 14.6. The first-order valence-electron chi connectivity index (χ1n) is 7.20. The Bertz CT molecular complexity index is 518. The van der Waals surface area contributed by atoms with Crippen LogP contribution in [0.3, 0.4) is 0 Å². The Labute approximate surface area is 125 Å². The van der Waals surface area contributed by atoms with E-state index in [2.05, 4.69) is 0 Å². The molecule has 0 radical (unpaired) electrons. The first-order chi connectivity index (χ1) is 9.54. The average molecular weight is 317 g/mol. The van der Waals surface area contributed by atoms with Crippen molar-refractivity contribution >= 4 is 21.4 Å². The van der Waals surface area contributed by atoms with E-state index in [0.717, 1.165) is 37.2 Å². The van der Waals surface area contributed by atoms with E-state index in [1.807, 2.05) is 13.0 Å². The summed E-state index contributed by atoms with van der Waals surface area (Å²) in [6.07, 6.45) is 5.23. The van der Waals surface area contributed by atoms with Crippen LogP contribution >= 0.6 is 11.3 Å². The summed E-state index contributed by atoms with van der Waals surface area (Å²) in [5.41, 5.74) is 0. The van der Waals surface area contributed by atoms with Gasteiger partial charge in [-0.05, 0) is 44.2 Å². The monoisotopic (exact) mass is 317 g/mol. The van der Waals surface area contributed by atoms with Gasteiger partial charge in [-0.15, -0.1) is 11.3 Å². The summed E-state index contributed by atoms with van der Waals surface area (Å²) in [4.78, 5) is 1.10. The van der Waals surface area contributed by atoms with Crippen molar-refractivity contribution in [1.82, 2.24) is 4.31 Å². The Morgan fingerprint density at radius 1 is 1.40 bits per heavy atom. The molecule has 1 aliphatic heterocycles. The van der Waals surface area contributed by atoms with Crippen LogP contribution in [0.2, 0.25) is 0 Å². The third kappa shape index (κ3) is 3.81. The minimum Gasteiger partial charge on any atom is -0.378 e. The summed E-state index contributed by atoms with van der Waals surface area (Å²) in [5.74, 6) is 0. The van der Waals surface area contributed by atoms with Gasteiger partial charge in [-0.25, -0.2) is 12.7 Å². The maximum atomic E-state index is 12.4. The molecule has 0 aliphatic carbocycles. The van der Waals surface area contributed by atoms with Gasteiger partial charge in [0.05, 0.1) is 6.10 Å². The largest absolute Gasteiger partial charge is 0.378 e. The molecule has 2 rings (SSSR count). The standard InChI is InChI=1S/C14H23NO3S2/c1-3-13-7-8-14(19-13)20(16,17)15(2)10-9-12-6-4-5-11-18-12/h7-8,12H,3-6,9-11H2,1-2H3. The minimum absolute atomic E-state index is 0.218. The zero-order valence-corrected chi connectivity index (χ0v) is 13.8. The number of aryl methyl sites for hydroxylation is 1. The van der Waals surface area contributed by atoms with E-state index in [9.17, 15) is 8.42 Å². The molecule has 0 saturated carbocycles. The number of thiophene rings is 1. The summed E-state index contributed by atoms with van der Waals surface area (Å²) in [7, 11) is -1.68. The van der Waals surface area contributed by atoms with Crippen LogP contribution in [0.15, 0.2) is 16.3 Å². The molecule has 1 fully saturated rings. The number of rotatable bonds is 6. The molecule has 0 aromatic carbocycles. The van der Waals surface area contributed by atoms with Crippen molar-refractivity contribution in [3.63, 3.8) is 0 Å². The van der Waals surface area contributed by atoms with Crippen LogP contribution in [-0.4, -0.2) is 39.0 Å². The predicted molar refractivity (Wildman–Crippen MR) is 81.7 cm³/mol. The van der Waals surface area contributed by atoms with Gasteiger partial charge in [0.1, 0.15) is 4.21 Å². The molecule has 1 aliphatic rings. The minimum atomic E-state index is -3.33. The summed E-state index contributed by atoms with van der Waals surface area (Å²) in [5, 5.41) is 0. The van der Waals surface area contributed by atoms with Gasteiger partial charge in [-0.1, -0.05) is 6.92 Å². The molecular formula is C14H23NO3S2. The normalized spacial score (nSPS) is 20.4. The van der Waals surface area contributed by atoms with Crippen molar-refractivity contribution in [1.29, 1.82) is 0 Å². The number of nitrogens with zero attached hydrogens (tertiary/aromatic N) is 1. The molecule has 4 nitrogen and oxygen atoms in total. The van der Waals surface area contributed by atoms with Crippen molar-refractivity contribution in [2.75, 3.05) is 20.2 Å². The molecule has 2 heterocycles. The van der Waals surface area contributed by atoms with Crippen LogP contribution in [0.1, 0.15) is 37.5 Å². The van der Waals surface area contributed by atoms with E-state index < -0.39 is 10.0 Å².